The maximum absolute atomic E-state index is 12.0. The third-order valence-electron chi connectivity index (χ3n) is 1.78. The van der Waals surface area contributed by atoms with Crippen LogP contribution in [0.3, 0.4) is 0 Å². The van der Waals surface area contributed by atoms with Gasteiger partial charge in [0.2, 0.25) is 0 Å². The second kappa shape index (κ2) is 4.27. The molecule has 6 heteroatoms. The Labute approximate surface area is 84.0 Å². The van der Waals surface area contributed by atoms with Gasteiger partial charge in [0.15, 0.2) is 0 Å². The summed E-state index contributed by atoms with van der Waals surface area (Å²) < 4.78 is 35.9. The van der Waals surface area contributed by atoms with Gasteiger partial charge in [0.1, 0.15) is 5.01 Å². The highest BCUT2D eigenvalue weighted by Crippen LogP contribution is 2.25. The summed E-state index contributed by atoms with van der Waals surface area (Å²) in [6.45, 7) is 2.24. The second-order valence-electron chi connectivity index (χ2n) is 3.09. The second-order valence-corrected chi connectivity index (χ2v) is 4.04. The van der Waals surface area contributed by atoms with Crippen molar-refractivity contribution in [3.63, 3.8) is 0 Å². The van der Waals surface area contributed by atoms with Crippen LogP contribution < -0.4 is 5.73 Å². The molecule has 0 spiro atoms. The molecule has 0 radical (unpaired) electrons. The monoisotopic (exact) mass is 224 g/mol. The lowest BCUT2D eigenvalue weighted by atomic mass is 10.1. The molecule has 14 heavy (non-hydrogen) atoms. The number of hydrogen-bond donors (Lipinski definition) is 1. The zero-order chi connectivity index (χ0) is 10.8. The highest BCUT2D eigenvalue weighted by molar-refractivity contribution is 7.09. The van der Waals surface area contributed by atoms with Crippen molar-refractivity contribution in [2.24, 2.45) is 5.73 Å². The lowest BCUT2D eigenvalue weighted by Gasteiger charge is -2.04. The van der Waals surface area contributed by atoms with E-state index in [4.69, 9.17) is 5.73 Å². The molecule has 1 aromatic rings. The van der Waals surface area contributed by atoms with Gasteiger partial charge in [-0.05, 0) is 0 Å². The molecule has 0 saturated carbocycles. The number of nitrogens with two attached hydrogens (primary N) is 1. The number of rotatable bonds is 3. The van der Waals surface area contributed by atoms with Gasteiger partial charge in [0.25, 0.3) is 0 Å². The van der Waals surface area contributed by atoms with Crippen molar-refractivity contribution in [3.8, 4) is 0 Å². The minimum Gasteiger partial charge on any atom is -0.330 e. The fourth-order valence-corrected chi connectivity index (χ4v) is 1.87. The van der Waals surface area contributed by atoms with Crippen molar-refractivity contribution in [1.82, 2.24) is 4.98 Å². The van der Waals surface area contributed by atoms with Crippen LogP contribution in [0.1, 0.15) is 23.5 Å². The Kier molecular flexibility index (Phi) is 3.49. The molecule has 0 fully saturated rings. The van der Waals surface area contributed by atoms with Gasteiger partial charge in [-0.3, -0.25) is 0 Å². The van der Waals surface area contributed by atoms with Crippen LogP contribution in [0.4, 0.5) is 13.2 Å². The Morgan fingerprint density at radius 2 is 2.21 bits per heavy atom. The average molecular weight is 224 g/mol. The fourth-order valence-electron chi connectivity index (χ4n) is 0.925. The molecule has 0 aromatic carbocycles. The summed E-state index contributed by atoms with van der Waals surface area (Å²) in [5, 5.41) is 1.74. The van der Waals surface area contributed by atoms with E-state index in [1.54, 1.807) is 5.38 Å². The van der Waals surface area contributed by atoms with Gasteiger partial charge in [0, 0.05) is 17.8 Å². The molecule has 1 unspecified atom stereocenters. The molecule has 0 saturated heterocycles. The summed E-state index contributed by atoms with van der Waals surface area (Å²) in [5.41, 5.74) is 6.03. The van der Waals surface area contributed by atoms with Crippen LogP contribution in [0.25, 0.3) is 0 Å². The maximum Gasteiger partial charge on any atom is 0.395 e. The van der Waals surface area contributed by atoms with Gasteiger partial charge in [-0.1, -0.05) is 6.92 Å². The summed E-state index contributed by atoms with van der Waals surface area (Å²) in [6, 6.07) is 0. The molecule has 0 amide bonds. The van der Waals surface area contributed by atoms with Crippen molar-refractivity contribution < 1.29 is 13.2 Å². The van der Waals surface area contributed by atoms with Gasteiger partial charge >= 0.3 is 6.18 Å². The van der Waals surface area contributed by atoms with E-state index in [-0.39, 0.29) is 10.9 Å². The lowest BCUT2D eigenvalue weighted by molar-refractivity contribution is -0.127. The number of halogens is 3. The van der Waals surface area contributed by atoms with Crippen molar-refractivity contribution in [1.29, 1.82) is 0 Å². The first-order chi connectivity index (χ1) is 6.42. The zero-order valence-corrected chi connectivity index (χ0v) is 8.45. The third kappa shape index (κ3) is 3.26. The first-order valence-corrected chi connectivity index (χ1v) is 5.01. The van der Waals surface area contributed by atoms with Gasteiger partial charge in [-0.15, -0.1) is 11.3 Å². The van der Waals surface area contributed by atoms with Gasteiger partial charge in [-0.2, -0.15) is 13.2 Å². The average Bonchev–Trinajstić information content (AvgIpc) is 2.48. The van der Waals surface area contributed by atoms with E-state index in [1.807, 2.05) is 6.92 Å². The third-order valence-corrected chi connectivity index (χ3v) is 2.65. The number of alkyl halides is 3. The highest BCUT2D eigenvalue weighted by atomic mass is 32.1. The number of nitrogens with zero attached hydrogens (tertiary/aromatic N) is 1. The van der Waals surface area contributed by atoms with Crippen molar-refractivity contribution in [2.45, 2.75) is 25.4 Å². The van der Waals surface area contributed by atoms with Gasteiger partial charge in [-0.25, -0.2) is 4.98 Å². The van der Waals surface area contributed by atoms with Crippen molar-refractivity contribution in [2.75, 3.05) is 6.54 Å². The summed E-state index contributed by atoms with van der Waals surface area (Å²) in [4.78, 5) is 3.88. The zero-order valence-electron chi connectivity index (χ0n) is 7.64. The molecule has 1 heterocycles. The van der Waals surface area contributed by atoms with Crippen LogP contribution in [-0.4, -0.2) is 17.7 Å². The molecule has 2 nitrogen and oxygen atoms in total. The Balaban J connectivity index is 2.69. The molecule has 0 aliphatic rings. The number of thiazole rings is 1. The topological polar surface area (TPSA) is 38.9 Å². The SMILES string of the molecule is CC(CN)c1csc(CC(F)(F)F)n1. The smallest absolute Gasteiger partial charge is 0.330 e. The first kappa shape index (κ1) is 11.5. The predicted molar refractivity (Wildman–Crippen MR) is 49.3 cm³/mol. The minimum atomic E-state index is -4.18. The summed E-state index contributed by atoms with van der Waals surface area (Å²) in [7, 11) is 0. The van der Waals surface area contributed by atoms with Crippen LogP contribution in [0.2, 0.25) is 0 Å². The normalized spacial score (nSPS) is 14.4. The molecule has 1 rings (SSSR count). The van der Waals surface area contributed by atoms with E-state index in [0.29, 0.717) is 12.2 Å². The predicted octanol–water partition coefficient (Wildman–Crippen LogP) is 2.31. The quantitative estimate of drug-likeness (QED) is 0.855. The minimum absolute atomic E-state index is 0.0215. The van der Waals surface area contributed by atoms with Crippen molar-refractivity contribution in [3.05, 3.63) is 16.1 Å². The maximum atomic E-state index is 12.0. The van der Waals surface area contributed by atoms with E-state index in [9.17, 15) is 13.2 Å². The number of aromatic nitrogens is 1. The highest BCUT2D eigenvalue weighted by Gasteiger charge is 2.29. The molecule has 2 N–H and O–H groups in total. The Bertz CT molecular complexity index is 295. The Morgan fingerprint density at radius 3 is 2.71 bits per heavy atom. The van der Waals surface area contributed by atoms with Crippen LogP contribution in [0.5, 0.6) is 0 Å². The van der Waals surface area contributed by atoms with E-state index in [2.05, 4.69) is 4.98 Å². The van der Waals surface area contributed by atoms with E-state index in [1.165, 1.54) is 0 Å². The van der Waals surface area contributed by atoms with Crippen LogP contribution in [0.15, 0.2) is 5.38 Å². The van der Waals surface area contributed by atoms with Crippen LogP contribution >= 0.6 is 11.3 Å². The molecular weight excluding hydrogens is 213 g/mol. The summed E-state index contributed by atoms with van der Waals surface area (Å²) in [6.07, 6.45) is -5.13. The Hall–Kier alpha value is -0.620. The van der Waals surface area contributed by atoms with E-state index in [0.717, 1.165) is 11.3 Å². The van der Waals surface area contributed by atoms with Crippen LogP contribution in [-0.2, 0) is 6.42 Å². The molecule has 0 aliphatic heterocycles. The standard InChI is InChI=1S/C8H11F3N2S/c1-5(3-12)6-4-14-7(13-6)2-8(9,10)11/h4-5H,2-3,12H2,1H3. The molecule has 0 bridgehead atoms. The largest absolute Gasteiger partial charge is 0.395 e. The first-order valence-electron chi connectivity index (χ1n) is 4.13. The summed E-state index contributed by atoms with van der Waals surface area (Å²) >= 11 is 1.03. The summed E-state index contributed by atoms with van der Waals surface area (Å²) in [5.74, 6) is 0.0215. The molecule has 1 atom stereocenters. The van der Waals surface area contributed by atoms with E-state index >= 15 is 0 Å². The van der Waals surface area contributed by atoms with E-state index < -0.39 is 12.6 Å². The van der Waals surface area contributed by atoms with Gasteiger partial charge in [0.05, 0.1) is 12.1 Å². The fraction of sp³-hybridized carbons (Fsp3) is 0.625. The molecule has 1 aromatic heterocycles. The van der Waals surface area contributed by atoms with Gasteiger partial charge < -0.3 is 5.73 Å². The molecule has 80 valence electrons. The molecular formula is C8H11F3N2S. The molecule has 0 aliphatic carbocycles. The van der Waals surface area contributed by atoms with Crippen LogP contribution in [0, 0.1) is 0 Å². The number of hydrogen-bond acceptors (Lipinski definition) is 3. The van der Waals surface area contributed by atoms with Crippen molar-refractivity contribution >= 4 is 11.3 Å². The Morgan fingerprint density at radius 1 is 1.57 bits per heavy atom. The lowest BCUT2D eigenvalue weighted by Crippen LogP contribution is -2.12.